The molecule has 0 radical (unpaired) electrons. The Kier molecular flexibility index (Phi) is 5.25. The van der Waals surface area contributed by atoms with Crippen LogP contribution < -0.4 is 4.90 Å². The fourth-order valence-corrected chi connectivity index (χ4v) is 4.56. The van der Waals surface area contributed by atoms with Crippen molar-refractivity contribution < 1.29 is 14.1 Å². The smallest absolute Gasteiger partial charge is 0.249 e. The summed E-state index contributed by atoms with van der Waals surface area (Å²) in [5, 5.41) is 4.14. The maximum Gasteiger partial charge on any atom is 0.249 e. The molecule has 0 bridgehead atoms. The molecule has 164 valence electrons. The Balaban J connectivity index is 1.31. The van der Waals surface area contributed by atoms with Crippen molar-refractivity contribution in [3.05, 3.63) is 65.5 Å². The first-order valence-corrected chi connectivity index (χ1v) is 11.1. The lowest BCUT2D eigenvalue weighted by molar-refractivity contribution is -0.137. The summed E-state index contributed by atoms with van der Waals surface area (Å²) in [6.07, 6.45) is 1.89. The van der Waals surface area contributed by atoms with Gasteiger partial charge in [-0.25, -0.2) is 0 Å². The number of carbonyl (C=O) groups excluding carboxylic acids is 2. The molecule has 2 atom stereocenters. The largest absolute Gasteiger partial charge is 0.337 e. The molecular weight excluding hydrogens is 404 g/mol. The van der Waals surface area contributed by atoms with E-state index in [0.717, 1.165) is 35.2 Å². The van der Waals surface area contributed by atoms with Crippen molar-refractivity contribution in [2.45, 2.75) is 39.2 Å². The van der Waals surface area contributed by atoms with E-state index in [2.05, 4.69) is 10.1 Å². The molecule has 7 nitrogen and oxygen atoms in total. The highest BCUT2D eigenvalue weighted by Crippen LogP contribution is 2.35. The molecule has 2 fully saturated rings. The number of nitrogens with zero attached hydrogens (tertiary/aromatic N) is 4. The van der Waals surface area contributed by atoms with E-state index in [1.807, 2.05) is 67.3 Å². The Morgan fingerprint density at radius 2 is 1.72 bits per heavy atom. The second-order valence-electron chi connectivity index (χ2n) is 8.75. The van der Waals surface area contributed by atoms with Crippen LogP contribution in [0.1, 0.15) is 42.3 Å². The summed E-state index contributed by atoms with van der Waals surface area (Å²) in [4.78, 5) is 34.1. The van der Waals surface area contributed by atoms with Gasteiger partial charge in [-0.05, 0) is 38.8 Å². The quantitative estimate of drug-likeness (QED) is 0.623. The normalized spacial score (nSPS) is 20.9. The minimum Gasteiger partial charge on any atom is -0.337 e. The van der Waals surface area contributed by atoms with Crippen molar-refractivity contribution in [1.82, 2.24) is 15.0 Å². The zero-order valence-electron chi connectivity index (χ0n) is 18.3. The average molecular weight is 431 g/mol. The van der Waals surface area contributed by atoms with E-state index in [-0.39, 0.29) is 30.2 Å². The molecule has 2 aliphatic rings. The molecule has 7 heteroatoms. The fraction of sp³-hybridized carbons (Fsp3) is 0.360. The van der Waals surface area contributed by atoms with Crippen molar-refractivity contribution in [2.75, 3.05) is 18.0 Å². The third-order valence-electron chi connectivity index (χ3n) is 6.39. The van der Waals surface area contributed by atoms with E-state index < -0.39 is 0 Å². The van der Waals surface area contributed by atoms with Gasteiger partial charge < -0.3 is 14.3 Å². The lowest BCUT2D eigenvalue weighted by Gasteiger charge is -2.25. The number of aryl methyl sites for hydroxylation is 2. The second-order valence-corrected chi connectivity index (χ2v) is 8.75. The van der Waals surface area contributed by atoms with Gasteiger partial charge in [0.15, 0.2) is 0 Å². The van der Waals surface area contributed by atoms with Gasteiger partial charge in [-0.15, -0.1) is 0 Å². The van der Waals surface area contributed by atoms with Crippen LogP contribution in [0, 0.1) is 19.8 Å². The first-order valence-electron chi connectivity index (χ1n) is 11.1. The Morgan fingerprint density at radius 3 is 2.44 bits per heavy atom. The monoisotopic (exact) mass is 430 g/mol. The van der Waals surface area contributed by atoms with E-state index in [0.29, 0.717) is 24.8 Å². The van der Waals surface area contributed by atoms with Crippen molar-refractivity contribution in [2.24, 2.45) is 5.92 Å². The molecule has 5 rings (SSSR count). The van der Waals surface area contributed by atoms with Gasteiger partial charge in [-0.3, -0.25) is 9.59 Å². The fourth-order valence-electron chi connectivity index (χ4n) is 4.56. The number of rotatable bonds is 4. The minimum atomic E-state index is -0.358. The van der Waals surface area contributed by atoms with E-state index in [1.54, 1.807) is 4.90 Å². The van der Waals surface area contributed by atoms with E-state index in [4.69, 9.17) is 4.52 Å². The van der Waals surface area contributed by atoms with Crippen LogP contribution in [0.15, 0.2) is 53.1 Å². The van der Waals surface area contributed by atoms with Gasteiger partial charge in [-0.1, -0.05) is 52.7 Å². The number of hydrogen-bond acceptors (Lipinski definition) is 5. The molecule has 2 saturated heterocycles. The summed E-state index contributed by atoms with van der Waals surface area (Å²) in [5.41, 5.74) is 4.03. The maximum atomic E-state index is 13.4. The molecule has 0 unspecified atom stereocenters. The molecular formula is C25H26N4O3. The van der Waals surface area contributed by atoms with E-state index in [1.165, 1.54) is 0 Å². The minimum absolute atomic E-state index is 0.00875. The lowest BCUT2D eigenvalue weighted by Crippen LogP contribution is -2.37. The van der Waals surface area contributed by atoms with Crippen LogP contribution in [0.25, 0.3) is 11.4 Å². The van der Waals surface area contributed by atoms with E-state index >= 15 is 0 Å². The van der Waals surface area contributed by atoms with Crippen LogP contribution in [0.4, 0.5) is 5.69 Å². The molecule has 0 aliphatic carbocycles. The topological polar surface area (TPSA) is 79.5 Å². The highest BCUT2D eigenvalue weighted by Gasteiger charge is 2.42. The average Bonchev–Trinajstić information content (AvgIpc) is 3.54. The lowest BCUT2D eigenvalue weighted by atomic mass is 10.1. The van der Waals surface area contributed by atoms with Gasteiger partial charge >= 0.3 is 0 Å². The number of benzene rings is 2. The molecule has 0 saturated carbocycles. The molecule has 0 spiro atoms. The first kappa shape index (κ1) is 20.4. The van der Waals surface area contributed by atoms with Crippen molar-refractivity contribution in [3.63, 3.8) is 0 Å². The second kappa shape index (κ2) is 8.22. The summed E-state index contributed by atoms with van der Waals surface area (Å²) in [6, 6.07) is 15.5. The Labute approximate surface area is 187 Å². The molecule has 3 aromatic rings. The summed E-state index contributed by atoms with van der Waals surface area (Å²) >= 11 is 0. The summed E-state index contributed by atoms with van der Waals surface area (Å²) < 4.78 is 5.57. The van der Waals surface area contributed by atoms with Crippen LogP contribution >= 0.6 is 0 Å². The van der Waals surface area contributed by atoms with E-state index in [9.17, 15) is 9.59 Å². The maximum absolute atomic E-state index is 13.4. The predicted molar refractivity (Wildman–Crippen MR) is 120 cm³/mol. The van der Waals surface area contributed by atoms with Gasteiger partial charge in [0.25, 0.3) is 0 Å². The van der Waals surface area contributed by atoms with Crippen LogP contribution in [0.2, 0.25) is 0 Å². The third kappa shape index (κ3) is 3.79. The summed E-state index contributed by atoms with van der Waals surface area (Å²) in [6.45, 7) is 5.09. The molecule has 2 amide bonds. The number of carbonyl (C=O) groups is 2. The Hall–Kier alpha value is -3.48. The number of amides is 2. The standard InChI is InChI=1S/C25H26N4O3/c1-16-5-9-18(10-6-16)23-26-24(32-27-23)21-4-3-13-28(21)25(31)19-14-22(30)29(15-19)20-11-7-17(2)8-12-20/h5-12,19,21H,3-4,13-15H2,1-2H3/t19-,21+/m1/s1. The first-order chi connectivity index (χ1) is 15.5. The van der Waals surface area contributed by atoms with Gasteiger partial charge in [0.05, 0.1) is 5.92 Å². The van der Waals surface area contributed by atoms with Crippen LogP contribution in [0.3, 0.4) is 0 Å². The van der Waals surface area contributed by atoms with Crippen molar-refractivity contribution >= 4 is 17.5 Å². The highest BCUT2D eigenvalue weighted by molar-refractivity contribution is 6.00. The SMILES string of the molecule is Cc1ccc(-c2noc([C@@H]3CCCN3C(=O)[C@@H]3CC(=O)N(c4ccc(C)cc4)C3)n2)cc1. The number of hydrogen-bond donors (Lipinski definition) is 0. The van der Waals surface area contributed by atoms with Gasteiger partial charge in [0, 0.05) is 30.8 Å². The Morgan fingerprint density at radius 1 is 1.03 bits per heavy atom. The zero-order valence-corrected chi connectivity index (χ0v) is 18.3. The number of aromatic nitrogens is 2. The molecule has 2 aromatic carbocycles. The van der Waals surface area contributed by atoms with Crippen LogP contribution in [0.5, 0.6) is 0 Å². The molecule has 2 aliphatic heterocycles. The highest BCUT2D eigenvalue weighted by atomic mass is 16.5. The van der Waals surface area contributed by atoms with Gasteiger partial charge in [-0.2, -0.15) is 4.98 Å². The van der Waals surface area contributed by atoms with Crippen molar-refractivity contribution in [3.8, 4) is 11.4 Å². The van der Waals surface area contributed by atoms with Crippen LogP contribution in [-0.4, -0.2) is 39.9 Å². The number of anilines is 1. The molecule has 0 N–H and O–H groups in total. The molecule has 32 heavy (non-hydrogen) atoms. The summed E-state index contributed by atoms with van der Waals surface area (Å²) in [5.74, 6) is 0.615. The molecule has 3 heterocycles. The van der Waals surface area contributed by atoms with Gasteiger partial charge in [0.1, 0.15) is 6.04 Å². The van der Waals surface area contributed by atoms with Crippen LogP contribution in [-0.2, 0) is 9.59 Å². The number of likely N-dealkylation sites (tertiary alicyclic amines) is 1. The van der Waals surface area contributed by atoms with Gasteiger partial charge in [0.2, 0.25) is 23.5 Å². The predicted octanol–water partition coefficient (Wildman–Crippen LogP) is 4.07. The van der Waals surface area contributed by atoms with Crippen molar-refractivity contribution in [1.29, 1.82) is 0 Å². The molecule has 1 aromatic heterocycles. The third-order valence-corrected chi connectivity index (χ3v) is 6.39. The zero-order chi connectivity index (χ0) is 22.2. The Bertz CT molecular complexity index is 1140. The summed E-state index contributed by atoms with van der Waals surface area (Å²) in [7, 11) is 0.